The average Bonchev–Trinajstić information content (AvgIpc) is 2.42. The summed E-state index contributed by atoms with van der Waals surface area (Å²) in [5, 5.41) is 11.1. The van der Waals surface area contributed by atoms with Crippen molar-refractivity contribution >= 4 is 23.1 Å². The van der Waals surface area contributed by atoms with Gasteiger partial charge < -0.3 is 10.2 Å². The van der Waals surface area contributed by atoms with E-state index in [4.69, 9.17) is 22.2 Å². The summed E-state index contributed by atoms with van der Waals surface area (Å²) in [7, 11) is 0. The molecule has 0 saturated carbocycles. The van der Waals surface area contributed by atoms with E-state index < -0.39 is 4.92 Å². The first kappa shape index (κ1) is 14.0. The van der Waals surface area contributed by atoms with E-state index >= 15 is 0 Å². The second-order valence-electron chi connectivity index (χ2n) is 3.74. The van der Waals surface area contributed by atoms with Crippen LogP contribution in [0.3, 0.4) is 0 Å². The number of nitro benzene ring substituents is 1. The molecule has 0 aliphatic rings. The Morgan fingerprint density at radius 3 is 2.85 bits per heavy atom. The van der Waals surface area contributed by atoms with Crippen molar-refractivity contribution in [1.82, 2.24) is 9.97 Å². The van der Waals surface area contributed by atoms with Gasteiger partial charge in [0.25, 0.3) is 0 Å². The van der Waals surface area contributed by atoms with Crippen LogP contribution in [0.4, 0.5) is 11.5 Å². The smallest absolute Gasteiger partial charge is 0.313 e. The maximum atomic E-state index is 11.0. The molecule has 1 aromatic heterocycles. The number of nitrogens with one attached hydrogen (secondary N) is 1. The molecular formula is C11H10ClN5O3. The van der Waals surface area contributed by atoms with Crippen LogP contribution in [0, 0.1) is 17.0 Å². The largest absolute Gasteiger partial charge is 0.430 e. The lowest BCUT2D eigenvalue weighted by Crippen LogP contribution is -2.11. The van der Waals surface area contributed by atoms with Crippen molar-refractivity contribution in [2.45, 2.75) is 6.92 Å². The minimum absolute atomic E-state index is 0.0797. The predicted molar refractivity (Wildman–Crippen MR) is 72.8 cm³/mol. The third-order valence-corrected chi connectivity index (χ3v) is 2.81. The molecule has 0 atom stereocenters. The molecule has 9 heteroatoms. The molecule has 0 spiro atoms. The zero-order valence-electron chi connectivity index (χ0n) is 10.3. The van der Waals surface area contributed by atoms with Crippen molar-refractivity contribution in [3.63, 3.8) is 0 Å². The first-order valence-electron chi connectivity index (χ1n) is 5.43. The van der Waals surface area contributed by atoms with Crippen LogP contribution in [0.5, 0.6) is 11.6 Å². The molecule has 0 amide bonds. The standard InChI is InChI=1S/C11H10ClN5O3/c1-6-10(16-13)14-5-15-11(6)20-9-7(12)3-2-4-8(9)17(18)19/h2-5H,13H2,1H3,(H,14,15,16). The van der Waals surface area contributed by atoms with E-state index in [1.807, 2.05) is 0 Å². The van der Waals surface area contributed by atoms with E-state index in [1.54, 1.807) is 6.92 Å². The van der Waals surface area contributed by atoms with Crippen LogP contribution in [0.25, 0.3) is 0 Å². The Hall–Kier alpha value is -2.45. The Kier molecular flexibility index (Phi) is 3.97. The number of benzene rings is 1. The van der Waals surface area contributed by atoms with E-state index in [0.717, 1.165) is 0 Å². The quantitative estimate of drug-likeness (QED) is 0.505. The lowest BCUT2D eigenvalue weighted by molar-refractivity contribution is -0.385. The minimum atomic E-state index is -0.584. The van der Waals surface area contributed by atoms with Gasteiger partial charge in [-0.3, -0.25) is 10.1 Å². The highest BCUT2D eigenvalue weighted by Crippen LogP contribution is 2.38. The number of nitrogens with zero attached hydrogens (tertiary/aromatic N) is 3. The van der Waals surface area contributed by atoms with Gasteiger partial charge in [-0.1, -0.05) is 17.7 Å². The molecule has 0 radical (unpaired) electrons. The summed E-state index contributed by atoms with van der Waals surface area (Å²) < 4.78 is 5.45. The summed E-state index contributed by atoms with van der Waals surface area (Å²) in [6, 6.07) is 4.25. The SMILES string of the molecule is Cc1c(NN)ncnc1Oc1c(Cl)cccc1[N+](=O)[O-]. The molecule has 104 valence electrons. The Balaban J connectivity index is 2.48. The summed E-state index contributed by atoms with van der Waals surface area (Å²) >= 11 is 5.94. The summed E-state index contributed by atoms with van der Waals surface area (Å²) in [5.74, 6) is 5.69. The fourth-order valence-corrected chi connectivity index (χ4v) is 1.73. The van der Waals surface area contributed by atoms with Crippen molar-refractivity contribution in [1.29, 1.82) is 0 Å². The molecule has 0 unspecified atom stereocenters. The number of nitro groups is 1. The van der Waals surface area contributed by atoms with Crippen molar-refractivity contribution in [3.05, 3.63) is 45.2 Å². The fourth-order valence-electron chi connectivity index (χ4n) is 1.52. The van der Waals surface area contributed by atoms with Crippen LogP contribution in [0.15, 0.2) is 24.5 Å². The molecule has 0 bridgehead atoms. The van der Waals surface area contributed by atoms with Crippen molar-refractivity contribution in [2.75, 3.05) is 5.43 Å². The number of aromatic nitrogens is 2. The first-order valence-corrected chi connectivity index (χ1v) is 5.81. The Bertz CT molecular complexity index is 665. The van der Waals surface area contributed by atoms with Gasteiger partial charge in [0.05, 0.1) is 15.5 Å². The van der Waals surface area contributed by atoms with Gasteiger partial charge in [0.15, 0.2) is 0 Å². The van der Waals surface area contributed by atoms with Gasteiger partial charge in [0, 0.05) is 6.07 Å². The molecular weight excluding hydrogens is 286 g/mol. The average molecular weight is 296 g/mol. The van der Waals surface area contributed by atoms with Crippen LogP contribution in [0.1, 0.15) is 5.56 Å². The third kappa shape index (κ3) is 2.60. The van der Waals surface area contributed by atoms with E-state index in [2.05, 4.69) is 15.4 Å². The first-order chi connectivity index (χ1) is 9.54. The van der Waals surface area contributed by atoms with Crippen molar-refractivity contribution in [3.8, 4) is 11.6 Å². The molecule has 0 saturated heterocycles. The lowest BCUT2D eigenvalue weighted by Gasteiger charge is -2.10. The monoisotopic (exact) mass is 295 g/mol. The highest BCUT2D eigenvalue weighted by molar-refractivity contribution is 6.32. The summed E-state index contributed by atoms with van der Waals surface area (Å²) in [5.41, 5.74) is 2.63. The molecule has 1 heterocycles. The number of anilines is 1. The van der Waals surface area contributed by atoms with Gasteiger partial charge in [-0.05, 0) is 13.0 Å². The van der Waals surface area contributed by atoms with Crippen LogP contribution in [-0.4, -0.2) is 14.9 Å². The molecule has 2 rings (SSSR count). The van der Waals surface area contributed by atoms with Crippen LogP contribution < -0.4 is 16.0 Å². The molecule has 3 N–H and O–H groups in total. The van der Waals surface area contributed by atoms with Gasteiger partial charge in [0.1, 0.15) is 12.1 Å². The highest BCUT2D eigenvalue weighted by Gasteiger charge is 2.20. The van der Waals surface area contributed by atoms with E-state index in [1.165, 1.54) is 24.5 Å². The molecule has 0 aliphatic carbocycles. The van der Waals surface area contributed by atoms with Crippen LogP contribution >= 0.6 is 11.6 Å². The normalized spacial score (nSPS) is 10.2. The summed E-state index contributed by atoms with van der Waals surface area (Å²) in [6.07, 6.45) is 1.22. The number of hydrogen-bond acceptors (Lipinski definition) is 7. The molecule has 0 fully saturated rings. The van der Waals surface area contributed by atoms with Gasteiger partial charge in [-0.25, -0.2) is 15.8 Å². The van der Waals surface area contributed by atoms with Crippen LogP contribution in [0.2, 0.25) is 5.02 Å². The van der Waals surface area contributed by atoms with Crippen LogP contribution in [-0.2, 0) is 0 Å². The van der Waals surface area contributed by atoms with Gasteiger partial charge in [0.2, 0.25) is 11.6 Å². The van der Waals surface area contributed by atoms with E-state index in [-0.39, 0.29) is 22.3 Å². The molecule has 20 heavy (non-hydrogen) atoms. The number of halogens is 1. The number of para-hydroxylation sites is 1. The number of hydrogen-bond donors (Lipinski definition) is 2. The van der Waals surface area contributed by atoms with Gasteiger partial charge >= 0.3 is 5.69 Å². The topological polar surface area (TPSA) is 116 Å². The maximum absolute atomic E-state index is 11.0. The second kappa shape index (κ2) is 5.68. The van der Waals surface area contributed by atoms with Gasteiger partial charge in [-0.15, -0.1) is 0 Å². The number of nitrogens with two attached hydrogens (primary N) is 1. The third-order valence-electron chi connectivity index (χ3n) is 2.52. The number of ether oxygens (including phenoxy) is 1. The zero-order valence-corrected chi connectivity index (χ0v) is 11.1. The Morgan fingerprint density at radius 2 is 2.20 bits per heavy atom. The van der Waals surface area contributed by atoms with Gasteiger partial charge in [-0.2, -0.15) is 0 Å². The van der Waals surface area contributed by atoms with E-state index in [0.29, 0.717) is 11.4 Å². The second-order valence-corrected chi connectivity index (χ2v) is 4.15. The highest BCUT2D eigenvalue weighted by atomic mass is 35.5. The minimum Gasteiger partial charge on any atom is -0.430 e. The Labute approximate surface area is 118 Å². The lowest BCUT2D eigenvalue weighted by atomic mass is 10.3. The maximum Gasteiger partial charge on any atom is 0.313 e. The molecule has 0 aliphatic heterocycles. The molecule has 2 aromatic rings. The number of rotatable bonds is 4. The zero-order chi connectivity index (χ0) is 14.7. The molecule has 8 nitrogen and oxygen atoms in total. The summed E-state index contributed by atoms with van der Waals surface area (Å²) in [4.78, 5) is 18.2. The van der Waals surface area contributed by atoms with Crippen molar-refractivity contribution in [2.24, 2.45) is 5.84 Å². The number of nitrogen functional groups attached to an aromatic ring is 1. The van der Waals surface area contributed by atoms with E-state index in [9.17, 15) is 10.1 Å². The summed E-state index contributed by atoms with van der Waals surface area (Å²) in [6.45, 7) is 1.66. The fraction of sp³-hybridized carbons (Fsp3) is 0.0909. The Morgan fingerprint density at radius 1 is 1.45 bits per heavy atom. The van der Waals surface area contributed by atoms with Crippen molar-refractivity contribution < 1.29 is 9.66 Å². The molecule has 1 aromatic carbocycles. The number of hydrazine groups is 1. The predicted octanol–water partition coefficient (Wildman–Crippen LogP) is 2.42.